The van der Waals surface area contributed by atoms with E-state index in [-0.39, 0.29) is 18.0 Å². The predicted octanol–water partition coefficient (Wildman–Crippen LogP) is 2.29. The Morgan fingerprint density at radius 3 is 2.41 bits per heavy atom. The number of nitrogens with zero attached hydrogens (tertiary/aromatic N) is 3. The number of aromatic nitrogens is 3. The van der Waals surface area contributed by atoms with E-state index in [1.807, 2.05) is 39.0 Å². The summed E-state index contributed by atoms with van der Waals surface area (Å²) in [6, 6.07) is 9.14. The van der Waals surface area contributed by atoms with Crippen molar-refractivity contribution in [2.45, 2.75) is 33.6 Å². The van der Waals surface area contributed by atoms with Crippen LogP contribution in [0.1, 0.15) is 31.1 Å². The zero-order valence-electron chi connectivity index (χ0n) is 16.9. The summed E-state index contributed by atoms with van der Waals surface area (Å²) in [4.78, 5) is 25.8. The first kappa shape index (κ1) is 20.8. The molecule has 154 valence electrons. The Bertz CT molecular complexity index is 974. The predicted molar refractivity (Wildman–Crippen MR) is 109 cm³/mol. The molecule has 0 unspecified atom stereocenters. The molecule has 3 rings (SSSR count). The molecule has 0 radical (unpaired) electrons. The van der Waals surface area contributed by atoms with Crippen LogP contribution in [0, 0.1) is 0 Å². The summed E-state index contributed by atoms with van der Waals surface area (Å²) in [7, 11) is 0. The minimum atomic E-state index is -0.525. The summed E-state index contributed by atoms with van der Waals surface area (Å²) < 4.78 is 14.1. The van der Waals surface area contributed by atoms with Gasteiger partial charge < -0.3 is 19.4 Å². The Labute approximate surface area is 169 Å². The van der Waals surface area contributed by atoms with Gasteiger partial charge in [-0.15, -0.1) is 0 Å². The van der Waals surface area contributed by atoms with Crippen LogP contribution in [0.4, 0.5) is 0 Å². The van der Waals surface area contributed by atoms with Crippen molar-refractivity contribution < 1.29 is 14.3 Å². The van der Waals surface area contributed by atoms with E-state index in [1.54, 1.807) is 29.1 Å². The number of amides is 1. The van der Waals surface area contributed by atoms with Gasteiger partial charge in [-0.2, -0.15) is 9.78 Å². The Balaban J connectivity index is 1.96. The Morgan fingerprint density at radius 1 is 1.10 bits per heavy atom. The minimum absolute atomic E-state index is 0.201. The summed E-state index contributed by atoms with van der Waals surface area (Å²) in [6.07, 6.45) is 2.91. The van der Waals surface area contributed by atoms with E-state index >= 15 is 0 Å². The lowest BCUT2D eigenvalue weighted by Gasteiger charge is -2.18. The molecular weight excluding hydrogens is 372 g/mol. The number of nitrogens with one attached hydrogen (secondary N) is 1. The van der Waals surface area contributed by atoms with Crippen molar-refractivity contribution in [1.29, 1.82) is 0 Å². The summed E-state index contributed by atoms with van der Waals surface area (Å²) in [5, 5.41) is 7.27. The van der Waals surface area contributed by atoms with Gasteiger partial charge in [-0.05, 0) is 32.9 Å². The molecule has 0 aromatic heterocycles. The molecule has 1 N–H and O–H groups in total. The van der Waals surface area contributed by atoms with Gasteiger partial charge in [0, 0.05) is 32.2 Å². The number of ether oxygens (including phenoxy) is 2. The zero-order chi connectivity index (χ0) is 20.8. The molecule has 1 amide bonds. The van der Waals surface area contributed by atoms with Gasteiger partial charge in [0.1, 0.15) is 5.69 Å². The van der Waals surface area contributed by atoms with Crippen LogP contribution in [0.15, 0.2) is 47.5 Å². The lowest BCUT2D eigenvalue weighted by molar-refractivity contribution is -0.131. The van der Waals surface area contributed by atoms with Crippen molar-refractivity contribution in [3.63, 3.8) is 0 Å². The maximum Gasteiger partial charge on any atom is 0.282 e. The number of hydrogen-bond acceptors (Lipinski definition) is 5. The van der Waals surface area contributed by atoms with Crippen molar-refractivity contribution in [1.82, 2.24) is 19.7 Å². The first-order chi connectivity index (χ1) is 14.1. The van der Waals surface area contributed by atoms with E-state index in [0.717, 1.165) is 0 Å². The highest BCUT2D eigenvalue weighted by atomic mass is 16.7. The van der Waals surface area contributed by atoms with Gasteiger partial charge in [0.2, 0.25) is 0 Å². The average Bonchev–Trinajstić information content (AvgIpc) is 3.08. The van der Waals surface area contributed by atoms with Crippen LogP contribution in [-0.2, 0) is 16.0 Å². The third kappa shape index (κ3) is 4.55. The van der Waals surface area contributed by atoms with Crippen LogP contribution in [-0.4, -0.2) is 46.3 Å². The Kier molecular flexibility index (Phi) is 6.79. The molecular formula is C21H26N4O4. The van der Waals surface area contributed by atoms with Crippen LogP contribution < -0.4 is 10.9 Å². The highest BCUT2D eigenvalue weighted by Crippen LogP contribution is 2.22. The molecule has 2 heterocycles. The summed E-state index contributed by atoms with van der Waals surface area (Å²) >= 11 is 0. The molecule has 1 aromatic rings. The Morgan fingerprint density at radius 2 is 1.79 bits per heavy atom. The van der Waals surface area contributed by atoms with Crippen molar-refractivity contribution in [2.75, 3.05) is 19.8 Å². The minimum Gasteiger partial charge on any atom is -0.353 e. The van der Waals surface area contributed by atoms with E-state index < -0.39 is 6.29 Å². The van der Waals surface area contributed by atoms with E-state index in [0.29, 0.717) is 42.3 Å². The van der Waals surface area contributed by atoms with Crippen LogP contribution >= 0.6 is 0 Å². The number of rotatable bonds is 9. The first-order valence-corrected chi connectivity index (χ1v) is 9.78. The van der Waals surface area contributed by atoms with Gasteiger partial charge >= 0.3 is 0 Å². The number of para-hydroxylation sites is 1. The topological polar surface area (TPSA) is 87.4 Å². The van der Waals surface area contributed by atoms with Gasteiger partial charge in [-0.25, -0.2) is 0 Å². The lowest BCUT2D eigenvalue weighted by atomic mass is 10.1. The second-order valence-electron chi connectivity index (χ2n) is 6.37. The summed E-state index contributed by atoms with van der Waals surface area (Å²) in [6.45, 7) is 7.45. The van der Waals surface area contributed by atoms with E-state index in [9.17, 15) is 9.59 Å². The number of carbonyl (C=O) groups excluding carboxylic acids is 1. The number of hydrogen-bond donors (Lipinski definition) is 1. The largest absolute Gasteiger partial charge is 0.353 e. The molecule has 2 aliphatic rings. The molecule has 1 aromatic carbocycles. The molecule has 0 saturated carbocycles. The standard InChI is InChI=1S/C21H26N4O4/c1-4-24-13-16(20(26)22-12-18(28-5-2)29-6-3)19-17(14-24)21(27)25(23-19)15-10-8-7-9-11-15/h7-11,13-14,18H,4-6,12H2,1-3H3,(H,22,26). The van der Waals surface area contributed by atoms with Gasteiger partial charge in [0.05, 0.1) is 23.4 Å². The van der Waals surface area contributed by atoms with Crippen molar-refractivity contribution >= 4 is 5.91 Å². The summed E-state index contributed by atoms with van der Waals surface area (Å²) in [5.41, 5.74) is 1.49. The number of carbonyl (C=O) groups is 1. The van der Waals surface area contributed by atoms with Crippen LogP contribution in [0.5, 0.6) is 0 Å². The fourth-order valence-electron chi connectivity index (χ4n) is 3.06. The highest BCUT2D eigenvalue weighted by Gasteiger charge is 2.24. The number of pyridine rings is 1. The van der Waals surface area contributed by atoms with E-state index in [2.05, 4.69) is 10.4 Å². The molecule has 0 aliphatic carbocycles. The van der Waals surface area contributed by atoms with Crippen molar-refractivity contribution in [3.8, 4) is 16.9 Å². The molecule has 0 bridgehead atoms. The zero-order valence-corrected chi connectivity index (χ0v) is 16.9. The van der Waals surface area contributed by atoms with Gasteiger partial charge in [0.25, 0.3) is 11.5 Å². The van der Waals surface area contributed by atoms with Gasteiger partial charge in [-0.1, -0.05) is 18.2 Å². The SMILES string of the molecule is CCOC(CNC(=O)c1cn(CC)cc2c(=O)n(-c3ccccc3)nc1-2)OCC. The van der Waals surface area contributed by atoms with E-state index in [1.165, 1.54) is 4.68 Å². The summed E-state index contributed by atoms with van der Waals surface area (Å²) in [5.74, 6) is -0.333. The molecule has 8 nitrogen and oxygen atoms in total. The number of aryl methyl sites for hydroxylation is 1. The second kappa shape index (κ2) is 9.49. The third-order valence-corrected chi connectivity index (χ3v) is 4.47. The quantitative estimate of drug-likeness (QED) is 0.559. The van der Waals surface area contributed by atoms with Crippen LogP contribution in [0.2, 0.25) is 0 Å². The number of fused-ring (bicyclic) bond motifs is 1. The fraction of sp³-hybridized carbons (Fsp3) is 0.381. The van der Waals surface area contributed by atoms with Crippen LogP contribution in [0.25, 0.3) is 16.9 Å². The normalized spacial score (nSPS) is 11.3. The van der Waals surface area contributed by atoms with Crippen molar-refractivity contribution in [3.05, 3.63) is 58.6 Å². The lowest BCUT2D eigenvalue weighted by Crippen LogP contribution is -2.36. The smallest absolute Gasteiger partial charge is 0.282 e. The van der Waals surface area contributed by atoms with Gasteiger partial charge in [0.15, 0.2) is 6.29 Å². The number of benzene rings is 1. The van der Waals surface area contributed by atoms with Gasteiger partial charge in [-0.3, -0.25) is 9.59 Å². The van der Waals surface area contributed by atoms with E-state index in [4.69, 9.17) is 9.47 Å². The second-order valence-corrected chi connectivity index (χ2v) is 6.37. The highest BCUT2D eigenvalue weighted by molar-refractivity contribution is 5.99. The first-order valence-electron chi connectivity index (χ1n) is 9.78. The molecule has 8 heteroatoms. The monoisotopic (exact) mass is 398 g/mol. The molecule has 0 atom stereocenters. The Hall–Kier alpha value is -2.97. The molecule has 0 saturated heterocycles. The maximum absolute atomic E-state index is 12.9. The molecule has 2 aliphatic heterocycles. The van der Waals surface area contributed by atoms with Crippen LogP contribution in [0.3, 0.4) is 0 Å². The fourth-order valence-corrected chi connectivity index (χ4v) is 3.06. The third-order valence-electron chi connectivity index (χ3n) is 4.47. The molecule has 29 heavy (non-hydrogen) atoms. The average molecular weight is 398 g/mol. The molecule has 0 spiro atoms. The van der Waals surface area contributed by atoms with Crippen molar-refractivity contribution in [2.24, 2.45) is 0 Å². The maximum atomic E-state index is 12.9. The molecule has 0 fully saturated rings.